The van der Waals surface area contributed by atoms with Crippen molar-refractivity contribution in [2.75, 3.05) is 38.7 Å². The molecule has 0 atom stereocenters. The summed E-state index contributed by atoms with van der Waals surface area (Å²) in [6.07, 6.45) is 0.533. The van der Waals surface area contributed by atoms with Crippen LogP contribution in [-0.2, 0) is 21.5 Å². The van der Waals surface area contributed by atoms with Gasteiger partial charge in [-0.25, -0.2) is 4.31 Å². The number of ether oxygens (including phenoxy) is 1. The molecule has 1 aliphatic heterocycles. The largest absolute Gasteiger partial charge is 0.452 e. The Balaban J connectivity index is 1.65. The quantitative estimate of drug-likeness (QED) is 0.313. The van der Waals surface area contributed by atoms with E-state index in [0.717, 1.165) is 23.1 Å². The Morgan fingerprint density at radius 1 is 0.944 bits per heavy atom. The van der Waals surface area contributed by atoms with Crippen LogP contribution in [0, 0.1) is 0 Å². The lowest BCUT2D eigenvalue weighted by Crippen LogP contribution is -2.35. The number of nitrogens with zero attached hydrogens (tertiary/aromatic N) is 3. The van der Waals surface area contributed by atoms with E-state index < -0.39 is 10.2 Å². The molecule has 0 aliphatic carbocycles. The molecule has 5 rings (SSSR count). The third kappa shape index (κ3) is 4.67. The van der Waals surface area contributed by atoms with Crippen LogP contribution < -0.4 is 4.31 Å². The Kier molecular flexibility index (Phi) is 6.66. The summed E-state index contributed by atoms with van der Waals surface area (Å²) in [7, 11) is 1.72. The first-order valence-electron chi connectivity index (χ1n) is 11.9. The molecule has 7 nitrogen and oxygen atoms in total. The second-order valence-electron chi connectivity index (χ2n) is 9.13. The first-order chi connectivity index (χ1) is 17.4. The summed E-state index contributed by atoms with van der Waals surface area (Å²) in [5, 5.41) is 0.740. The van der Waals surface area contributed by atoms with E-state index in [2.05, 4.69) is 33.6 Å². The molecule has 8 heteroatoms. The van der Waals surface area contributed by atoms with Crippen molar-refractivity contribution >= 4 is 32.6 Å². The van der Waals surface area contributed by atoms with Crippen molar-refractivity contribution in [1.29, 1.82) is 0 Å². The van der Waals surface area contributed by atoms with E-state index in [1.807, 2.05) is 62.6 Å². The van der Waals surface area contributed by atoms with Crippen LogP contribution in [0.25, 0.3) is 22.1 Å². The van der Waals surface area contributed by atoms with Gasteiger partial charge in [0, 0.05) is 37.8 Å². The molecule has 3 aromatic carbocycles. The van der Waals surface area contributed by atoms with E-state index in [4.69, 9.17) is 9.15 Å². The van der Waals surface area contributed by atoms with Crippen LogP contribution in [0.4, 0.5) is 5.69 Å². The number of furan rings is 1. The van der Waals surface area contributed by atoms with Crippen molar-refractivity contribution < 1.29 is 17.6 Å². The second kappa shape index (κ2) is 9.89. The lowest BCUT2D eigenvalue weighted by Gasteiger charge is -2.26. The van der Waals surface area contributed by atoms with Gasteiger partial charge in [-0.05, 0) is 49.3 Å². The van der Waals surface area contributed by atoms with Gasteiger partial charge >= 0.3 is 10.2 Å². The number of fused-ring (bicyclic) bond motifs is 3. The number of anilines is 1. The standard InChI is InChI=1S/C28H29N3O4S/c1-30(2)19-20-10-12-21(13-11-20)23-14-15-25-24(18-23)27-28(35-25)26(22-8-5-4-6-9-22)29-36(32,33)31(27)16-7-17-34-3/h4-6,8-15,18H,7,16-17,19H2,1-3H3. The van der Waals surface area contributed by atoms with Crippen molar-refractivity contribution in [3.8, 4) is 11.1 Å². The Labute approximate surface area is 211 Å². The average molecular weight is 504 g/mol. The van der Waals surface area contributed by atoms with E-state index in [1.165, 1.54) is 9.87 Å². The highest BCUT2D eigenvalue weighted by atomic mass is 32.2. The zero-order chi connectivity index (χ0) is 25.3. The molecule has 0 saturated carbocycles. The number of hydrogen-bond acceptors (Lipinski definition) is 5. The number of hydrogen-bond donors (Lipinski definition) is 0. The van der Waals surface area contributed by atoms with Crippen LogP contribution in [0.3, 0.4) is 0 Å². The SMILES string of the molecule is COCCCN1c2c(oc3ccc(-c4ccc(CN(C)C)cc4)cc23)C(c2ccccc2)=NS1(=O)=O. The highest BCUT2D eigenvalue weighted by Crippen LogP contribution is 2.42. The summed E-state index contributed by atoms with van der Waals surface area (Å²) in [4.78, 5) is 2.13. The molecule has 0 fully saturated rings. The maximum Gasteiger partial charge on any atom is 0.345 e. The summed E-state index contributed by atoms with van der Waals surface area (Å²) in [6.45, 7) is 1.55. The zero-order valence-electron chi connectivity index (χ0n) is 20.6. The van der Waals surface area contributed by atoms with E-state index in [9.17, 15) is 8.42 Å². The van der Waals surface area contributed by atoms with Crippen molar-refractivity contribution in [3.05, 3.63) is 89.7 Å². The number of rotatable bonds is 8. The topological polar surface area (TPSA) is 75.3 Å². The molecule has 0 amide bonds. The van der Waals surface area contributed by atoms with E-state index in [1.54, 1.807) is 7.11 Å². The summed E-state index contributed by atoms with van der Waals surface area (Å²) in [5.74, 6) is 0.460. The molecule has 186 valence electrons. The fourth-order valence-corrected chi connectivity index (χ4v) is 5.81. The molecule has 1 aromatic heterocycles. The van der Waals surface area contributed by atoms with Gasteiger partial charge < -0.3 is 14.1 Å². The normalized spacial score (nSPS) is 14.8. The fraction of sp³-hybridized carbons (Fsp3) is 0.250. The summed E-state index contributed by atoms with van der Waals surface area (Å²) in [5.41, 5.74) is 5.42. The Morgan fingerprint density at radius 3 is 2.36 bits per heavy atom. The molecule has 0 spiro atoms. The van der Waals surface area contributed by atoms with Crippen molar-refractivity contribution in [3.63, 3.8) is 0 Å². The highest BCUT2D eigenvalue weighted by Gasteiger charge is 2.36. The second-order valence-corrected chi connectivity index (χ2v) is 10.6. The minimum absolute atomic E-state index is 0.243. The van der Waals surface area contributed by atoms with Crippen molar-refractivity contribution in [1.82, 2.24) is 4.90 Å². The predicted octanol–water partition coefficient (Wildman–Crippen LogP) is 5.10. The van der Waals surface area contributed by atoms with Gasteiger partial charge in [0.15, 0.2) is 5.76 Å². The molecular formula is C28H29N3O4S. The maximum absolute atomic E-state index is 13.4. The number of benzene rings is 3. The van der Waals surface area contributed by atoms with Crippen LogP contribution >= 0.6 is 0 Å². The van der Waals surface area contributed by atoms with Crippen LogP contribution in [0.15, 0.2) is 81.6 Å². The van der Waals surface area contributed by atoms with Gasteiger partial charge in [-0.15, -0.1) is 4.40 Å². The van der Waals surface area contributed by atoms with Gasteiger partial charge in [-0.2, -0.15) is 8.42 Å². The van der Waals surface area contributed by atoms with Gasteiger partial charge in [-0.3, -0.25) is 0 Å². The van der Waals surface area contributed by atoms with Crippen molar-refractivity contribution in [2.24, 2.45) is 4.40 Å². The molecule has 36 heavy (non-hydrogen) atoms. The lowest BCUT2D eigenvalue weighted by atomic mass is 10.0. The van der Waals surface area contributed by atoms with Gasteiger partial charge in [0.2, 0.25) is 0 Å². The summed E-state index contributed by atoms with van der Waals surface area (Å²) < 4.78 is 43.8. The molecular weight excluding hydrogens is 474 g/mol. The third-order valence-electron chi connectivity index (χ3n) is 6.15. The smallest absolute Gasteiger partial charge is 0.345 e. The van der Waals surface area contributed by atoms with E-state index in [0.29, 0.717) is 41.3 Å². The monoisotopic (exact) mass is 503 g/mol. The minimum atomic E-state index is -3.97. The van der Waals surface area contributed by atoms with Gasteiger partial charge in [0.25, 0.3) is 0 Å². The Morgan fingerprint density at radius 2 is 1.67 bits per heavy atom. The summed E-state index contributed by atoms with van der Waals surface area (Å²) in [6, 6.07) is 23.6. The third-order valence-corrected chi connectivity index (χ3v) is 7.49. The fourth-order valence-electron chi connectivity index (χ4n) is 4.52. The molecule has 4 aromatic rings. The average Bonchev–Trinajstić information content (AvgIpc) is 3.24. The highest BCUT2D eigenvalue weighted by molar-refractivity contribution is 7.91. The first-order valence-corrected chi connectivity index (χ1v) is 13.2. The molecule has 1 aliphatic rings. The molecule has 0 unspecified atom stereocenters. The van der Waals surface area contributed by atoms with Gasteiger partial charge in [0.1, 0.15) is 17.0 Å². The van der Waals surface area contributed by atoms with Crippen LogP contribution in [0.1, 0.15) is 23.3 Å². The molecule has 0 N–H and O–H groups in total. The lowest BCUT2D eigenvalue weighted by molar-refractivity contribution is 0.197. The van der Waals surface area contributed by atoms with E-state index in [-0.39, 0.29) is 6.54 Å². The minimum Gasteiger partial charge on any atom is -0.452 e. The van der Waals surface area contributed by atoms with Crippen molar-refractivity contribution in [2.45, 2.75) is 13.0 Å². The summed E-state index contributed by atoms with van der Waals surface area (Å²) >= 11 is 0. The van der Waals surface area contributed by atoms with Gasteiger partial charge in [0.05, 0.1) is 0 Å². The predicted molar refractivity (Wildman–Crippen MR) is 144 cm³/mol. The van der Waals surface area contributed by atoms with E-state index >= 15 is 0 Å². The van der Waals surface area contributed by atoms with Crippen LogP contribution in [0.5, 0.6) is 0 Å². The van der Waals surface area contributed by atoms with Gasteiger partial charge in [-0.1, -0.05) is 60.7 Å². The molecule has 2 heterocycles. The van der Waals surface area contributed by atoms with Crippen LogP contribution in [0.2, 0.25) is 0 Å². The molecule has 0 radical (unpaired) electrons. The maximum atomic E-state index is 13.4. The molecule has 0 saturated heterocycles. The number of methoxy groups -OCH3 is 1. The van der Waals surface area contributed by atoms with Crippen LogP contribution in [-0.4, -0.2) is 53.4 Å². The zero-order valence-corrected chi connectivity index (χ0v) is 21.5. The first kappa shape index (κ1) is 24.2. The Hall–Kier alpha value is -3.46. The molecule has 0 bridgehead atoms. The Bertz CT molecular complexity index is 1510.